The van der Waals surface area contributed by atoms with Crippen molar-refractivity contribution in [3.8, 4) is 11.5 Å². The molecule has 1 amide bonds. The standard InChI is InChI=1S/C37H47N3O8/c1-27-21-28(23-30(22-27)39(13-8-11-36(41)45-5)15-16-46-19-20-47-18-17-43-3)26-48-35-25-32(38-2)31(24-34(35)44-4)37(42)40-14-12-29-9-6-7-10-33(29)40/h6-7,9-10,21-25H,2,8,11-20,26H2,1,3-5H3. The predicted molar refractivity (Wildman–Crippen MR) is 187 cm³/mol. The molecule has 3 aromatic rings. The maximum Gasteiger partial charge on any atom is 0.305 e. The minimum Gasteiger partial charge on any atom is -0.493 e. The number of anilines is 2. The Bertz CT molecular complexity index is 1530. The first-order valence-electron chi connectivity index (χ1n) is 16.2. The number of methoxy groups -OCH3 is 3. The van der Waals surface area contributed by atoms with E-state index in [4.69, 9.17) is 28.4 Å². The van der Waals surface area contributed by atoms with E-state index in [9.17, 15) is 9.59 Å². The normalized spacial score (nSPS) is 12.0. The third-order valence-electron chi connectivity index (χ3n) is 8.04. The summed E-state index contributed by atoms with van der Waals surface area (Å²) < 4.78 is 33.1. The summed E-state index contributed by atoms with van der Waals surface area (Å²) in [4.78, 5) is 33.6. The second-order valence-electron chi connectivity index (χ2n) is 11.4. The molecule has 1 aliphatic rings. The zero-order valence-electron chi connectivity index (χ0n) is 28.5. The first kappa shape index (κ1) is 36.4. The summed E-state index contributed by atoms with van der Waals surface area (Å²) in [5.41, 5.74) is 5.86. The molecule has 0 unspecified atom stereocenters. The Morgan fingerprint density at radius 3 is 2.44 bits per heavy atom. The van der Waals surface area contributed by atoms with E-state index in [1.807, 2.05) is 31.2 Å². The Kier molecular flexibility index (Phi) is 14.2. The maximum atomic E-state index is 13.7. The highest BCUT2D eigenvalue weighted by molar-refractivity contribution is 6.10. The molecule has 3 aromatic carbocycles. The van der Waals surface area contributed by atoms with Crippen LogP contribution in [0.4, 0.5) is 17.1 Å². The number of carbonyl (C=O) groups excluding carboxylic acids is 2. The molecule has 0 spiro atoms. The van der Waals surface area contributed by atoms with E-state index in [2.05, 4.69) is 34.8 Å². The van der Waals surface area contributed by atoms with Crippen LogP contribution < -0.4 is 19.3 Å². The molecule has 1 aliphatic heterocycles. The molecule has 0 N–H and O–H groups in total. The van der Waals surface area contributed by atoms with Crippen LogP contribution in [0.1, 0.15) is 39.9 Å². The molecular weight excluding hydrogens is 614 g/mol. The number of amides is 1. The van der Waals surface area contributed by atoms with Gasteiger partial charge in [0.1, 0.15) is 6.61 Å². The van der Waals surface area contributed by atoms with Crippen LogP contribution in [0.3, 0.4) is 0 Å². The van der Waals surface area contributed by atoms with E-state index in [-0.39, 0.29) is 18.5 Å². The first-order valence-corrected chi connectivity index (χ1v) is 16.2. The number of esters is 1. The number of carbonyl (C=O) groups is 2. The van der Waals surface area contributed by atoms with Crippen molar-refractivity contribution < 1.29 is 38.0 Å². The smallest absolute Gasteiger partial charge is 0.305 e. The van der Waals surface area contributed by atoms with E-state index < -0.39 is 0 Å². The van der Waals surface area contributed by atoms with Crippen LogP contribution in [0, 0.1) is 6.92 Å². The van der Waals surface area contributed by atoms with Gasteiger partial charge in [0.25, 0.3) is 5.91 Å². The van der Waals surface area contributed by atoms with Crippen molar-refractivity contribution in [3.05, 3.63) is 76.9 Å². The molecule has 0 atom stereocenters. The lowest BCUT2D eigenvalue weighted by atomic mass is 10.1. The monoisotopic (exact) mass is 661 g/mol. The third-order valence-corrected chi connectivity index (χ3v) is 8.04. The van der Waals surface area contributed by atoms with E-state index in [1.165, 1.54) is 7.11 Å². The van der Waals surface area contributed by atoms with Gasteiger partial charge in [-0.2, -0.15) is 0 Å². The van der Waals surface area contributed by atoms with E-state index in [1.54, 1.807) is 31.3 Å². The largest absolute Gasteiger partial charge is 0.493 e. The average Bonchev–Trinajstić information content (AvgIpc) is 3.54. The van der Waals surface area contributed by atoms with Crippen LogP contribution in [0.2, 0.25) is 0 Å². The van der Waals surface area contributed by atoms with Crippen LogP contribution in [0.15, 0.2) is 59.6 Å². The number of hydrogen-bond acceptors (Lipinski definition) is 10. The highest BCUT2D eigenvalue weighted by Gasteiger charge is 2.28. The van der Waals surface area contributed by atoms with Crippen LogP contribution in [0.5, 0.6) is 11.5 Å². The van der Waals surface area contributed by atoms with Crippen molar-refractivity contribution in [2.45, 2.75) is 32.8 Å². The minimum atomic E-state index is -0.238. The van der Waals surface area contributed by atoms with Gasteiger partial charge in [-0.15, -0.1) is 0 Å². The molecular formula is C37H47N3O8. The molecule has 0 aromatic heterocycles. The quantitative estimate of drug-likeness (QED) is 0.0874. The zero-order valence-corrected chi connectivity index (χ0v) is 28.5. The van der Waals surface area contributed by atoms with Crippen LogP contribution >= 0.6 is 0 Å². The molecule has 11 heteroatoms. The van der Waals surface area contributed by atoms with Gasteiger partial charge in [0.15, 0.2) is 11.5 Å². The Hall–Kier alpha value is -4.45. The summed E-state index contributed by atoms with van der Waals surface area (Å²) in [7, 11) is 4.59. The lowest BCUT2D eigenvalue weighted by molar-refractivity contribution is -0.140. The molecule has 0 fully saturated rings. The van der Waals surface area contributed by atoms with Crippen LogP contribution in [-0.2, 0) is 36.8 Å². The molecule has 0 radical (unpaired) electrons. The maximum absolute atomic E-state index is 13.7. The van der Waals surface area contributed by atoms with E-state index >= 15 is 0 Å². The van der Waals surface area contributed by atoms with Crippen molar-refractivity contribution in [1.29, 1.82) is 0 Å². The molecule has 48 heavy (non-hydrogen) atoms. The summed E-state index contributed by atoms with van der Waals surface area (Å²) in [6, 6.07) is 17.5. The molecule has 0 saturated carbocycles. The third kappa shape index (κ3) is 10.0. The van der Waals surface area contributed by atoms with Gasteiger partial charge in [-0.3, -0.25) is 14.6 Å². The number of aryl methyl sites for hydroxylation is 1. The fourth-order valence-electron chi connectivity index (χ4n) is 5.61. The molecule has 0 saturated heterocycles. The van der Waals surface area contributed by atoms with Gasteiger partial charge < -0.3 is 38.2 Å². The van der Waals surface area contributed by atoms with Crippen molar-refractivity contribution in [2.24, 2.45) is 4.99 Å². The Balaban J connectivity index is 1.46. The van der Waals surface area contributed by atoms with Gasteiger partial charge in [-0.05, 0) is 67.4 Å². The summed E-state index contributed by atoms with van der Waals surface area (Å²) in [6.07, 6.45) is 1.76. The van der Waals surface area contributed by atoms with E-state index in [0.29, 0.717) is 88.3 Å². The summed E-state index contributed by atoms with van der Waals surface area (Å²) in [5, 5.41) is 0. The average molecular weight is 662 g/mol. The Morgan fingerprint density at radius 1 is 0.917 bits per heavy atom. The molecule has 0 bridgehead atoms. The van der Waals surface area contributed by atoms with Gasteiger partial charge in [0, 0.05) is 50.6 Å². The fraction of sp³-hybridized carbons (Fsp3) is 0.432. The zero-order chi connectivity index (χ0) is 34.3. The number of aliphatic imine (C=N–C) groups is 1. The number of benzene rings is 3. The summed E-state index contributed by atoms with van der Waals surface area (Å²) in [5.74, 6) is 0.486. The fourth-order valence-corrected chi connectivity index (χ4v) is 5.61. The van der Waals surface area contributed by atoms with E-state index in [0.717, 1.165) is 34.5 Å². The number of nitrogens with zero attached hydrogens (tertiary/aromatic N) is 3. The highest BCUT2D eigenvalue weighted by Crippen LogP contribution is 2.38. The second kappa shape index (κ2) is 18.8. The second-order valence-corrected chi connectivity index (χ2v) is 11.4. The van der Waals surface area contributed by atoms with Gasteiger partial charge in [-0.1, -0.05) is 24.3 Å². The predicted octanol–water partition coefficient (Wildman–Crippen LogP) is 5.56. The number of rotatable bonds is 20. The molecule has 1 heterocycles. The number of fused-ring (bicyclic) bond motifs is 1. The SMILES string of the molecule is C=Nc1cc(OCc2cc(C)cc(N(CCCC(=O)OC)CCOCCOCCOC)c2)c(OC)cc1C(=O)N1CCc2ccccc21. The van der Waals surface area contributed by atoms with Crippen molar-refractivity contribution >= 4 is 35.7 Å². The summed E-state index contributed by atoms with van der Waals surface area (Å²) in [6.45, 7) is 10.4. The number of hydrogen-bond donors (Lipinski definition) is 0. The lowest BCUT2D eigenvalue weighted by Crippen LogP contribution is -2.29. The van der Waals surface area contributed by atoms with Crippen molar-refractivity contribution in [3.63, 3.8) is 0 Å². The van der Waals surface area contributed by atoms with Gasteiger partial charge in [0.05, 0.1) is 58.5 Å². The molecule has 258 valence electrons. The topological polar surface area (TPSA) is 108 Å². The minimum absolute atomic E-state index is 0.162. The molecule has 11 nitrogen and oxygen atoms in total. The van der Waals surface area contributed by atoms with Crippen LogP contribution in [0.25, 0.3) is 0 Å². The van der Waals surface area contributed by atoms with Crippen molar-refractivity contribution in [2.75, 3.05) is 83.8 Å². The van der Waals surface area contributed by atoms with Crippen molar-refractivity contribution in [1.82, 2.24) is 0 Å². The number of ether oxygens (including phenoxy) is 6. The van der Waals surface area contributed by atoms with Gasteiger partial charge in [-0.25, -0.2) is 0 Å². The molecule has 4 rings (SSSR count). The van der Waals surface area contributed by atoms with Gasteiger partial charge in [0.2, 0.25) is 0 Å². The van der Waals surface area contributed by atoms with Gasteiger partial charge >= 0.3 is 5.97 Å². The highest BCUT2D eigenvalue weighted by atomic mass is 16.5. The Labute approximate surface area is 283 Å². The van der Waals surface area contributed by atoms with Crippen LogP contribution in [-0.4, -0.2) is 92.6 Å². The number of para-hydroxylation sites is 1. The summed E-state index contributed by atoms with van der Waals surface area (Å²) >= 11 is 0. The Morgan fingerprint density at radius 2 is 1.69 bits per heavy atom. The lowest BCUT2D eigenvalue weighted by Gasteiger charge is -2.26. The molecule has 0 aliphatic carbocycles. The first-order chi connectivity index (χ1) is 23.4.